The van der Waals surface area contributed by atoms with Crippen molar-refractivity contribution in [2.24, 2.45) is 5.92 Å². The molecule has 4 nitrogen and oxygen atoms in total. The monoisotopic (exact) mass is 373 g/mol. The van der Waals surface area contributed by atoms with Gasteiger partial charge in [-0.2, -0.15) is 0 Å². The van der Waals surface area contributed by atoms with Gasteiger partial charge in [0.25, 0.3) is 5.91 Å². The Balaban J connectivity index is 1.67. The Kier molecular flexibility index (Phi) is 5.26. The SMILES string of the molecule is CC(C)(Oc1ccc(Cl)cc1)C(=O)NCC(O)(c1ccccc1)C1CC1. The van der Waals surface area contributed by atoms with E-state index in [2.05, 4.69) is 5.32 Å². The van der Waals surface area contributed by atoms with E-state index in [0.717, 1.165) is 18.4 Å². The third kappa shape index (κ3) is 4.19. The van der Waals surface area contributed by atoms with Crippen LogP contribution in [-0.2, 0) is 10.4 Å². The molecule has 2 N–H and O–H groups in total. The van der Waals surface area contributed by atoms with Gasteiger partial charge in [-0.15, -0.1) is 0 Å². The fraction of sp³-hybridized carbons (Fsp3) is 0.381. The number of amides is 1. The van der Waals surface area contributed by atoms with Crippen molar-refractivity contribution in [2.45, 2.75) is 37.9 Å². The van der Waals surface area contributed by atoms with Gasteiger partial charge in [0.05, 0.1) is 6.54 Å². The second kappa shape index (κ2) is 7.29. The van der Waals surface area contributed by atoms with E-state index in [4.69, 9.17) is 16.3 Å². The Morgan fingerprint density at radius 1 is 1.15 bits per heavy atom. The number of carbonyl (C=O) groups excluding carboxylic acids is 1. The van der Waals surface area contributed by atoms with E-state index in [9.17, 15) is 9.90 Å². The molecule has 138 valence electrons. The van der Waals surface area contributed by atoms with Gasteiger partial charge in [0.2, 0.25) is 0 Å². The van der Waals surface area contributed by atoms with Gasteiger partial charge in [0.15, 0.2) is 5.60 Å². The van der Waals surface area contributed by atoms with Crippen LogP contribution in [0.1, 0.15) is 32.3 Å². The van der Waals surface area contributed by atoms with Crippen LogP contribution >= 0.6 is 11.6 Å². The normalized spacial score (nSPS) is 16.6. The minimum absolute atomic E-state index is 0.161. The van der Waals surface area contributed by atoms with Crippen LogP contribution in [0.3, 0.4) is 0 Å². The molecule has 1 unspecified atom stereocenters. The summed E-state index contributed by atoms with van der Waals surface area (Å²) in [5.41, 5.74) is -1.29. The fourth-order valence-electron chi connectivity index (χ4n) is 3.04. The standard InChI is InChI=1S/C21H24ClNO3/c1-20(2,26-18-12-10-17(22)11-13-18)19(24)23-14-21(25,16-8-9-16)15-6-4-3-5-7-15/h3-7,10-13,16,25H,8-9,14H2,1-2H3,(H,23,24). The summed E-state index contributed by atoms with van der Waals surface area (Å²) in [6.07, 6.45) is 1.93. The Labute approximate surface area is 159 Å². The lowest BCUT2D eigenvalue weighted by Gasteiger charge is -2.32. The average Bonchev–Trinajstić information content (AvgIpc) is 3.47. The van der Waals surface area contributed by atoms with E-state index in [1.807, 2.05) is 30.3 Å². The molecular formula is C21H24ClNO3. The van der Waals surface area contributed by atoms with Gasteiger partial charge in [-0.1, -0.05) is 41.9 Å². The van der Waals surface area contributed by atoms with Gasteiger partial charge in [0.1, 0.15) is 11.4 Å². The van der Waals surface area contributed by atoms with Crippen molar-refractivity contribution >= 4 is 17.5 Å². The molecule has 2 aromatic carbocycles. The van der Waals surface area contributed by atoms with Crippen molar-refractivity contribution in [1.29, 1.82) is 0 Å². The number of aliphatic hydroxyl groups is 1. The van der Waals surface area contributed by atoms with Crippen molar-refractivity contribution in [3.05, 3.63) is 65.2 Å². The number of halogens is 1. The highest BCUT2D eigenvalue weighted by Crippen LogP contribution is 2.45. The first-order valence-corrected chi connectivity index (χ1v) is 9.20. The predicted molar refractivity (Wildman–Crippen MR) is 102 cm³/mol. The van der Waals surface area contributed by atoms with E-state index < -0.39 is 11.2 Å². The highest BCUT2D eigenvalue weighted by molar-refractivity contribution is 6.30. The molecule has 1 amide bonds. The van der Waals surface area contributed by atoms with Crippen molar-refractivity contribution in [3.8, 4) is 5.75 Å². The second-order valence-electron chi connectivity index (χ2n) is 7.31. The maximum Gasteiger partial charge on any atom is 0.263 e. The quantitative estimate of drug-likeness (QED) is 0.773. The first kappa shape index (κ1) is 18.7. The molecule has 0 bridgehead atoms. The van der Waals surface area contributed by atoms with Gasteiger partial charge in [0, 0.05) is 5.02 Å². The molecule has 0 saturated heterocycles. The van der Waals surface area contributed by atoms with E-state index in [1.54, 1.807) is 38.1 Å². The number of carbonyl (C=O) groups is 1. The third-order valence-electron chi connectivity index (χ3n) is 4.78. The highest BCUT2D eigenvalue weighted by atomic mass is 35.5. The lowest BCUT2D eigenvalue weighted by atomic mass is 9.88. The van der Waals surface area contributed by atoms with Crippen molar-refractivity contribution in [3.63, 3.8) is 0 Å². The largest absolute Gasteiger partial charge is 0.478 e. The summed E-state index contributed by atoms with van der Waals surface area (Å²) in [7, 11) is 0. The van der Waals surface area contributed by atoms with Gasteiger partial charge in [-0.3, -0.25) is 4.79 Å². The molecule has 0 heterocycles. The van der Waals surface area contributed by atoms with Crippen LogP contribution in [0.5, 0.6) is 5.75 Å². The van der Waals surface area contributed by atoms with Gasteiger partial charge >= 0.3 is 0 Å². The predicted octanol–water partition coefficient (Wildman–Crippen LogP) is 3.91. The molecule has 2 aromatic rings. The fourth-order valence-corrected chi connectivity index (χ4v) is 3.17. The zero-order valence-electron chi connectivity index (χ0n) is 15.0. The molecule has 0 aromatic heterocycles. The number of ether oxygens (including phenoxy) is 1. The average molecular weight is 374 g/mol. The smallest absolute Gasteiger partial charge is 0.263 e. The zero-order valence-corrected chi connectivity index (χ0v) is 15.8. The summed E-state index contributed by atoms with van der Waals surface area (Å²) in [6, 6.07) is 16.4. The van der Waals surface area contributed by atoms with Crippen LogP contribution in [0.4, 0.5) is 0 Å². The summed E-state index contributed by atoms with van der Waals surface area (Å²) in [6.45, 7) is 3.57. The van der Waals surface area contributed by atoms with Crippen LogP contribution in [0.15, 0.2) is 54.6 Å². The van der Waals surface area contributed by atoms with Crippen molar-refractivity contribution in [1.82, 2.24) is 5.32 Å². The summed E-state index contributed by atoms with van der Waals surface area (Å²) in [5.74, 6) is 0.461. The van der Waals surface area contributed by atoms with Crippen molar-refractivity contribution < 1.29 is 14.6 Å². The molecule has 1 atom stereocenters. The molecule has 1 saturated carbocycles. The molecule has 5 heteroatoms. The van der Waals surface area contributed by atoms with E-state index in [0.29, 0.717) is 10.8 Å². The first-order chi connectivity index (χ1) is 12.3. The van der Waals surface area contributed by atoms with Crippen LogP contribution in [-0.4, -0.2) is 23.2 Å². The minimum Gasteiger partial charge on any atom is -0.478 e. The summed E-state index contributed by atoms with van der Waals surface area (Å²) >= 11 is 5.88. The van der Waals surface area contributed by atoms with Crippen LogP contribution in [0.2, 0.25) is 5.02 Å². The van der Waals surface area contributed by atoms with Gasteiger partial charge in [-0.25, -0.2) is 0 Å². The molecule has 26 heavy (non-hydrogen) atoms. The lowest BCUT2D eigenvalue weighted by Crippen LogP contribution is -2.51. The highest BCUT2D eigenvalue weighted by Gasteiger charge is 2.46. The summed E-state index contributed by atoms with van der Waals surface area (Å²) < 4.78 is 5.81. The number of benzene rings is 2. The second-order valence-corrected chi connectivity index (χ2v) is 7.75. The van der Waals surface area contributed by atoms with E-state index in [-0.39, 0.29) is 18.4 Å². The molecule has 3 rings (SSSR count). The molecule has 0 spiro atoms. The minimum atomic E-state index is -1.07. The van der Waals surface area contributed by atoms with E-state index >= 15 is 0 Å². The molecule has 1 aliphatic carbocycles. The Bertz CT molecular complexity index is 757. The van der Waals surface area contributed by atoms with Crippen LogP contribution in [0, 0.1) is 5.92 Å². The summed E-state index contributed by atoms with van der Waals surface area (Å²) in [5, 5.41) is 14.7. The number of nitrogens with one attached hydrogen (secondary N) is 1. The Morgan fingerprint density at radius 3 is 2.35 bits per heavy atom. The Morgan fingerprint density at radius 2 is 1.77 bits per heavy atom. The van der Waals surface area contributed by atoms with Gasteiger partial charge in [-0.05, 0) is 62.4 Å². The number of hydrogen-bond donors (Lipinski definition) is 2. The molecule has 0 aliphatic heterocycles. The zero-order chi connectivity index (χ0) is 18.8. The molecular weight excluding hydrogens is 350 g/mol. The topological polar surface area (TPSA) is 58.6 Å². The summed E-state index contributed by atoms with van der Waals surface area (Å²) in [4.78, 5) is 12.7. The first-order valence-electron chi connectivity index (χ1n) is 8.82. The van der Waals surface area contributed by atoms with Crippen LogP contribution < -0.4 is 10.1 Å². The molecule has 0 radical (unpaired) electrons. The van der Waals surface area contributed by atoms with E-state index in [1.165, 1.54) is 0 Å². The maximum absolute atomic E-state index is 12.7. The third-order valence-corrected chi connectivity index (χ3v) is 5.03. The van der Waals surface area contributed by atoms with Crippen molar-refractivity contribution in [2.75, 3.05) is 6.54 Å². The number of hydrogen-bond acceptors (Lipinski definition) is 3. The lowest BCUT2D eigenvalue weighted by molar-refractivity contribution is -0.135. The van der Waals surface area contributed by atoms with Gasteiger partial charge < -0.3 is 15.2 Å². The molecule has 1 aliphatic rings. The maximum atomic E-state index is 12.7. The molecule has 1 fully saturated rings. The Hall–Kier alpha value is -2.04. The van der Waals surface area contributed by atoms with Crippen LogP contribution in [0.25, 0.3) is 0 Å². The number of rotatable bonds is 7.